The molecule has 0 spiro atoms. The maximum atomic E-state index is 2.66. The van der Waals surface area contributed by atoms with E-state index in [0.717, 1.165) is 6.54 Å². The van der Waals surface area contributed by atoms with Gasteiger partial charge in [-0.25, -0.2) is 17.2 Å². The van der Waals surface area contributed by atoms with Crippen LogP contribution in [0.1, 0.15) is 34.6 Å². The van der Waals surface area contributed by atoms with Crippen LogP contribution in [-0.4, -0.2) is 63.7 Å². The Morgan fingerprint density at radius 1 is 1.06 bits per heavy atom. The smallest absolute Gasteiger partial charge is 0.0831 e. The van der Waals surface area contributed by atoms with Gasteiger partial charge in [-0.3, -0.25) is 0 Å². The van der Waals surface area contributed by atoms with Gasteiger partial charge in [0.1, 0.15) is 0 Å². The van der Waals surface area contributed by atoms with Crippen LogP contribution in [0.15, 0.2) is 0 Å². The van der Waals surface area contributed by atoms with Crippen molar-refractivity contribution in [3.05, 3.63) is 0 Å². The van der Waals surface area contributed by atoms with Crippen LogP contribution in [0.3, 0.4) is 0 Å². The molecular weight excluding hydrogens is 232 g/mol. The summed E-state index contributed by atoms with van der Waals surface area (Å²) in [7, 11) is 7.65. The van der Waals surface area contributed by atoms with Crippen molar-refractivity contribution in [3.63, 3.8) is 0 Å². The topological polar surface area (TPSA) is 13.0 Å². The van der Waals surface area contributed by atoms with Crippen molar-refractivity contribution >= 4 is 10.8 Å². The summed E-state index contributed by atoms with van der Waals surface area (Å²) < 4.78 is 10.0. The fraction of sp³-hybridized carbons (Fsp3) is 1.00. The Labute approximate surface area is 109 Å². The molecule has 0 aromatic carbocycles. The highest BCUT2D eigenvalue weighted by Crippen LogP contribution is 2.69. The number of rotatable bonds is 3. The lowest BCUT2D eigenvalue weighted by molar-refractivity contribution is 0.0429. The molecule has 1 heterocycles. The molecule has 0 saturated carbocycles. The van der Waals surface area contributed by atoms with Crippen LogP contribution in [0.4, 0.5) is 0 Å². The van der Waals surface area contributed by atoms with Crippen LogP contribution >= 0.6 is 10.8 Å². The summed E-state index contributed by atoms with van der Waals surface area (Å²) in [6.07, 6.45) is 0.514. The third-order valence-corrected chi connectivity index (χ3v) is 7.82. The standard InChI is InChI=1S/C12H30N4S/c1-10-15-11(2)16(12(3,4)5)17(15,13(6)7)14(8)9/h11H,10H2,1-9H3. The van der Waals surface area contributed by atoms with Crippen molar-refractivity contribution in [1.82, 2.24) is 17.2 Å². The lowest BCUT2D eigenvalue weighted by Crippen LogP contribution is -2.73. The predicted octanol–water partition coefficient (Wildman–Crippen LogP) is 2.36. The number of hydrogen-bond donors (Lipinski definition) is 0. The first kappa shape index (κ1) is 15.2. The van der Waals surface area contributed by atoms with E-state index in [0.29, 0.717) is 6.17 Å². The van der Waals surface area contributed by atoms with Gasteiger partial charge in [0, 0.05) is 12.1 Å². The fourth-order valence-electron chi connectivity index (χ4n) is 3.06. The molecule has 1 unspecified atom stereocenters. The Balaban J connectivity index is 3.21. The molecular formula is C12H30N4S. The summed E-state index contributed by atoms with van der Waals surface area (Å²) in [5, 5.41) is 0. The Kier molecular flexibility index (Phi) is 4.22. The monoisotopic (exact) mass is 262 g/mol. The summed E-state index contributed by atoms with van der Waals surface area (Å²) in [5.41, 5.74) is 0.189. The summed E-state index contributed by atoms with van der Waals surface area (Å²) in [4.78, 5) is 0. The van der Waals surface area contributed by atoms with Crippen molar-refractivity contribution in [2.24, 2.45) is 0 Å². The maximum absolute atomic E-state index is 2.66. The van der Waals surface area contributed by atoms with Crippen molar-refractivity contribution in [2.75, 3.05) is 34.7 Å². The van der Waals surface area contributed by atoms with Crippen LogP contribution in [-0.2, 0) is 0 Å². The molecule has 0 aliphatic carbocycles. The van der Waals surface area contributed by atoms with Gasteiger partial charge in [0.2, 0.25) is 0 Å². The van der Waals surface area contributed by atoms with E-state index in [1.165, 1.54) is 0 Å². The highest BCUT2D eigenvalue weighted by atomic mass is 32.3. The molecule has 0 aromatic heterocycles. The van der Waals surface area contributed by atoms with E-state index in [2.05, 4.69) is 80.0 Å². The largest absolute Gasteiger partial charge is 0.239 e. The molecule has 0 amide bonds. The van der Waals surface area contributed by atoms with E-state index in [1.54, 1.807) is 0 Å². The Morgan fingerprint density at radius 3 is 1.71 bits per heavy atom. The summed E-state index contributed by atoms with van der Waals surface area (Å²) in [6, 6.07) is 0. The lowest BCUT2D eigenvalue weighted by atomic mass is 10.1. The van der Waals surface area contributed by atoms with Gasteiger partial charge in [0.25, 0.3) is 0 Å². The van der Waals surface area contributed by atoms with E-state index in [1.807, 2.05) is 0 Å². The molecule has 1 fully saturated rings. The van der Waals surface area contributed by atoms with Crippen LogP contribution < -0.4 is 0 Å². The zero-order valence-corrected chi connectivity index (χ0v) is 13.8. The molecule has 5 heteroatoms. The van der Waals surface area contributed by atoms with Crippen LogP contribution in [0.25, 0.3) is 0 Å². The first-order chi connectivity index (χ1) is 7.61. The normalized spacial score (nSPS) is 28.5. The summed E-state index contributed by atoms with van der Waals surface area (Å²) >= 11 is 0. The fourth-order valence-corrected chi connectivity index (χ4v) is 7.45. The molecule has 1 atom stereocenters. The van der Waals surface area contributed by atoms with Gasteiger partial charge in [-0.05, 0) is 66.7 Å². The van der Waals surface area contributed by atoms with Crippen LogP contribution in [0.2, 0.25) is 0 Å². The van der Waals surface area contributed by atoms with Gasteiger partial charge in [-0.2, -0.15) is 0 Å². The van der Waals surface area contributed by atoms with Gasteiger partial charge in [-0.1, -0.05) is 6.92 Å². The average Bonchev–Trinajstić information content (AvgIpc) is 2.10. The van der Waals surface area contributed by atoms with E-state index in [9.17, 15) is 0 Å². The van der Waals surface area contributed by atoms with E-state index in [4.69, 9.17) is 0 Å². The molecule has 0 bridgehead atoms. The zero-order chi connectivity index (χ0) is 13.6. The van der Waals surface area contributed by atoms with Crippen molar-refractivity contribution in [2.45, 2.75) is 46.3 Å². The molecule has 4 nitrogen and oxygen atoms in total. The molecule has 104 valence electrons. The number of nitrogens with zero attached hydrogens (tertiary/aromatic N) is 4. The molecule has 0 radical (unpaired) electrons. The Bertz CT molecular complexity index is 264. The van der Waals surface area contributed by atoms with Crippen molar-refractivity contribution in [1.29, 1.82) is 0 Å². The molecule has 1 aliphatic rings. The quantitative estimate of drug-likeness (QED) is 0.774. The minimum absolute atomic E-state index is 0.189. The second-order valence-corrected chi connectivity index (χ2v) is 9.28. The molecule has 1 rings (SSSR count). The first-order valence-corrected chi connectivity index (χ1v) is 7.82. The zero-order valence-electron chi connectivity index (χ0n) is 13.0. The Hall–Kier alpha value is 0.190. The third kappa shape index (κ3) is 2.02. The highest BCUT2D eigenvalue weighted by molar-refractivity contribution is 8.26. The van der Waals surface area contributed by atoms with Gasteiger partial charge in [-0.15, -0.1) is 0 Å². The van der Waals surface area contributed by atoms with Crippen molar-refractivity contribution < 1.29 is 0 Å². The molecule has 17 heavy (non-hydrogen) atoms. The van der Waals surface area contributed by atoms with Crippen LogP contribution in [0.5, 0.6) is 0 Å². The number of hydrogen-bond acceptors (Lipinski definition) is 4. The predicted molar refractivity (Wildman–Crippen MR) is 78.4 cm³/mol. The summed E-state index contributed by atoms with van der Waals surface area (Å²) in [5.74, 6) is 0. The average molecular weight is 262 g/mol. The minimum atomic E-state index is -1.13. The Morgan fingerprint density at radius 2 is 1.47 bits per heavy atom. The van der Waals surface area contributed by atoms with E-state index >= 15 is 0 Å². The van der Waals surface area contributed by atoms with Gasteiger partial charge >= 0.3 is 0 Å². The second-order valence-electron chi connectivity index (χ2n) is 5.98. The van der Waals surface area contributed by atoms with Crippen molar-refractivity contribution in [3.8, 4) is 0 Å². The van der Waals surface area contributed by atoms with Gasteiger partial charge in [0.15, 0.2) is 0 Å². The third-order valence-electron chi connectivity index (χ3n) is 3.29. The molecule has 1 saturated heterocycles. The van der Waals surface area contributed by atoms with Crippen LogP contribution in [0, 0.1) is 0 Å². The highest BCUT2D eigenvalue weighted by Gasteiger charge is 2.59. The van der Waals surface area contributed by atoms with Gasteiger partial charge < -0.3 is 0 Å². The van der Waals surface area contributed by atoms with Gasteiger partial charge in [0.05, 0.1) is 6.17 Å². The summed E-state index contributed by atoms with van der Waals surface area (Å²) in [6.45, 7) is 12.6. The molecule has 1 aliphatic heterocycles. The minimum Gasteiger partial charge on any atom is -0.239 e. The second kappa shape index (κ2) is 4.70. The first-order valence-electron chi connectivity index (χ1n) is 6.36. The van der Waals surface area contributed by atoms with E-state index in [-0.39, 0.29) is 5.54 Å². The molecule has 0 N–H and O–H groups in total. The molecule has 0 aromatic rings. The maximum Gasteiger partial charge on any atom is 0.0831 e. The lowest BCUT2D eigenvalue weighted by Gasteiger charge is -2.75. The van der Waals surface area contributed by atoms with E-state index < -0.39 is 10.8 Å². The SMILES string of the molecule is CCN1C(C)N(C(C)(C)C)S1(N(C)C)N(C)C.